The van der Waals surface area contributed by atoms with Crippen LogP contribution in [0.3, 0.4) is 0 Å². The van der Waals surface area contributed by atoms with Crippen LogP contribution in [0.1, 0.15) is 24.5 Å². The maximum absolute atomic E-state index is 6.02. The molecule has 2 aromatic rings. The van der Waals surface area contributed by atoms with E-state index < -0.39 is 0 Å². The number of halogens is 1. The zero-order valence-corrected chi connectivity index (χ0v) is 15.7. The minimum absolute atomic E-state index is 0.461. The highest BCUT2D eigenvalue weighted by Crippen LogP contribution is 2.29. The SMILES string of the molecule is CCOc1cc(CNCCCNC)ccc1OCc1cccc(Cl)c1. The maximum Gasteiger partial charge on any atom is 0.161 e. The number of hydrogen-bond acceptors (Lipinski definition) is 4. The largest absolute Gasteiger partial charge is 0.490 e. The van der Waals surface area contributed by atoms with Gasteiger partial charge in [-0.1, -0.05) is 29.8 Å². The van der Waals surface area contributed by atoms with Crippen molar-refractivity contribution in [1.82, 2.24) is 10.6 Å². The molecule has 4 nitrogen and oxygen atoms in total. The highest BCUT2D eigenvalue weighted by atomic mass is 35.5. The van der Waals surface area contributed by atoms with Crippen molar-refractivity contribution in [2.24, 2.45) is 0 Å². The molecular weight excluding hydrogens is 336 g/mol. The molecule has 0 unspecified atom stereocenters. The van der Waals surface area contributed by atoms with Gasteiger partial charge in [-0.15, -0.1) is 0 Å². The summed E-state index contributed by atoms with van der Waals surface area (Å²) in [5, 5.41) is 7.30. The summed E-state index contributed by atoms with van der Waals surface area (Å²) in [6.07, 6.45) is 1.11. The number of ether oxygens (including phenoxy) is 2. The van der Waals surface area contributed by atoms with E-state index in [2.05, 4.69) is 16.7 Å². The molecule has 0 aliphatic carbocycles. The second-order valence-corrected chi connectivity index (χ2v) is 6.20. The summed E-state index contributed by atoms with van der Waals surface area (Å²) in [5.41, 5.74) is 2.22. The lowest BCUT2D eigenvalue weighted by atomic mass is 10.2. The van der Waals surface area contributed by atoms with Gasteiger partial charge < -0.3 is 20.1 Å². The van der Waals surface area contributed by atoms with Crippen molar-refractivity contribution in [1.29, 1.82) is 0 Å². The van der Waals surface area contributed by atoms with Crippen molar-refractivity contribution in [2.75, 3.05) is 26.7 Å². The fourth-order valence-corrected chi connectivity index (χ4v) is 2.67. The molecule has 2 N–H and O–H groups in total. The highest BCUT2D eigenvalue weighted by Gasteiger charge is 2.07. The Morgan fingerprint density at radius 1 is 0.960 bits per heavy atom. The standard InChI is InChI=1S/C20H27ClN2O2/c1-3-24-20-13-16(14-23-11-5-10-22-2)8-9-19(20)25-15-17-6-4-7-18(21)12-17/h4,6-9,12-13,22-23H,3,5,10-11,14-15H2,1-2H3. The lowest BCUT2D eigenvalue weighted by Crippen LogP contribution is -2.19. The molecular formula is C20H27ClN2O2. The lowest BCUT2D eigenvalue weighted by molar-refractivity contribution is 0.269. The molecule has 0 amide bonds. The summed E-state index contributed by atoms with van der Waals surface area (Å²) in [7, 11) is 1.97. The van der Waals surface area contributed by atoms with Crippen LogP contribution in [0.15, 0.2) is 42.5 Å². The Morgan fingerprint density at radius 3 is 2.60 bits per heavy atom. The molecule has 0 saturated carbocycles. The summed E-state index contributed by atoms with van der Waals surface area (Å²) >= 11 is 6.02. The zero-order chi connectivity index (χ0) is 17.9. The molecule has 0 bridgehead atoms. The maximum atomic E-state index is 6.02. The van der Waals surface area contributed by atoms with Crippen molar-refractivity contribution in [3.05, 3.63) is 58.6 Å². The van der Waals surface area contributed by atoms with Gasteiger partial charge in [0.15, 0.2) is 11.5 Å². The van der Waals surface area contributed by atoms with Gasteiger partial charge in [-0.05, 0) is 68.9 Å². The van der Waals surface area contributed by atoms with Crippen molar-refractivity contribution in [3.8, 4) is 11.5 Å². The van der Waals surface area contributed by atoms with Crippen molar-refractivity contribution < 1.29 is 9.47 Å². The predicted octanol–water partition coefficient (Wildman–Crippen LogP) is 4.02. The second kappa shape index (κ2) is 11.0. The molecule has 136 valence electrons. The van der Waals surface area contributed by atoms with E-state index in [0.29, 0.717) is 18.2 Å². The minimum atomic E-state index is 0.461. The third-order valence-corrected chi connectivity index (χ3v) is 3.94. The molecule has 0 aliphatic heterocycles. The van der Waals surface area contributed by atoms with Gasteiger partial charge in [0.2, 0.25) is 0 Å². The van der Waals surface area contributed by atoms with Crippen molar-refractivity contribution in [3.63, 3.8) is 0 Å². The van der Waals surface area contributed by atoms with Gasteiger partial charge in [-0.3, -0.25) is 0 Å². The van der Waals surface area contributed by atoms with Gasteiger partial charge in [0.1, 0.15) is 6.61 Å². The van der Waals surface area contributed by atoms with Crippen molar-refractivity contribution >= 4 is 11.6 Å². The van der Waals surface area contributed by atoms with Crippen LogP contribution in [-0.2, 0) is 13.2 Å². The molecule has 0 aliphatic rings. The molecule has 0 heterocycles. The Balaban J connectivity index is 1.95. The first-order valence-electron chi connectivity index (χ1n) is 8.71. The van der Waals surface area contributed by atoms with E-state index in [1.807, 2.05) is 50.4 Å². The Hall–Kier alpha value is -1.75. The third kappa shape index (κ3) is 6.94. The normalized spacial score (nSPS) is 10.7. The average molecular weight is 363 g/mol. The molecule has 0 fully saturated rings. The van der Waals surface area contributed by atoms with E-state index in [1.54, 1.807) is 0 Å². The summed E-state index contributed by atoms with van der Waals surface area (Å²) in [4.78, 5) is 0. The monoisotopic (exact) mass is 362 g/mol. The lowest BCUT2D eigenvalue weighted by Gasteiger charge is -2.14. The van der Waals surface area contributed by atoms with E-state index in [0.717, 1.165) is 43.1 Å². The fourth-order valence-electron chi connectivity index (χ4n) is 2.46. The number of nitrogens with one attached hydrogen (secondary N) is 2. The third-order valence-electron chi connectivity index (χ3n) is 3.70. The number of rotatable bonds is 11. The highest BCUT2D eigenvalue weighted by molar-refractivity contribution is 6.30. The van der Waals surface area contributed by atoms with Crippen molar-refractivity contribution in [2.45, 2.75) is 26.5 Å². The molecule has 0 saturated heterocycles. The van der Waals surface area contributed by atoms with Crippen LogP contribution < -0.4 is 20.1 Å². The molecule has 0 spiro atoms. The molecule has 0 aromatic heterocycles. The van der Waals surface area contributed by atoms with Crippen LogP contribution in [0.4, 0.5) is 0 Å². The minimum Gasteiger partial charge on any atom is -0.490 e. The van der Waals surface area contributed by atoms with Crippen LogP contribution in [0.2, 0.25) is 5.02 Å². The van der Waals surface area contributed by atoms with Gasteiger partial charge in [0.05, 0.1) is 6.61 Å². The number of benzene rings is 2. The van der Waals surface area contributed by atoms with Gasteiger partial charge in [-0.2, -0.15) is 0 Å². The molecule has 5 heteroatoms. The van der Waals surface area contributed by atoms with Crippen LogP contribution in [0.5, 0.6) is 11.5 Å². The molecule has 0 radical (unpaired) electrons. The molecule has 2 aromatic carbocycles. The summed E-state index contributed by atoms with van der Waals surface area (Å²) < 4.78 is 11.7. The Morgan fingerprint density at radius 2 is 1.84 bits per heavy atom. The summed E-state index contributed by atoms with van der Waals surface area (Å²) in [5.74, 6) is 1.53. The van der Waals surface area contributed by atoms with Crippen LogP contribution >= 0.6 is 11.6 Å². The van der Waals surface area contributed by atoms with Crippen LogP contribution in [0.25, 0.3) is 0 Å². The van der Waals surface area contributed by atoms with Crippen LogP contribution in [0, 0.1) is 0 Å². The van der Waals surface area contributed by atoms with E-state index >= 15 is 0 Å². The topological polar surface area (TPSA) is 42.5 Å². The molecule has 25 heavy (non-hydrogen) atoms. The first-order valence-corrected chi connectivity index (χ1v) is 9.09. The first kappa shape index (κ1) is 19.6. The van der Waals surface area contributed by atoms with E-state index in [4.69, 9.17) is 21.1 Å². The van der Waals surface area contributed by atoms with Crippen LogP contribution in [-0.4, -0.2) is 26.7 Å². The predicted molar refractivity (Wildman–Crippen MR) is 104 cm³/mol. The van der Waals surface area contributed by atoms with E-state index in [-0.39, 0.29) is 0 Å². The van der Waals surface area contributed by atoms with E-state index in [1.165, 1.54) is 5.56 Å². The fraction of sp³-hybridized carbons (Fsp3) is 0.400. The first-order chi connectivity index (χ1) is 12.2. The summed E-state index contributed by atoms with van der Waals surface area (Å²) in [6, 6.07) is 13.8. The Bertz CT molecular complexity index is 649. The second-order valence-electron chi connectivity index (χ2n) is 5.77. The Labute approximate surface area is 155 Å². The van der Waals surface area contributed by atoms with Gasteiger partial charge >= 0.3 is 0 Å². The molecule has 0 atom stereocenters. The average Bonchev–Trinajstić information content (AvgIpc) is 2.61. The quantitative estimate of drug-likeness (QED) is 0.592. The van der Waals surface area contributed by atoms with E-state index in [9.17, 15) is 0 Å². The zero-order valence-electron chi connectivity index (χ0n) is 15.0. The summed E-state index contributed by atoms with van der Waals surface area (Å²) in [6.45, 7) is 5.86. The van der Waals surface area contributed by atoms with Gasteiger partial charge in [0.25, 0.3) is 0 Å². The smallest absolute Gasteiger partial charge is 0.161 e. The van der Waals surface area contributed by atoms with Gasteiger partial charge in [0, 0.05) is 11.6 Å². The molecule has 2 rings (SSSR count). The van der Waals surface area contributed by atoms with Gasteiger partial charge in [-0.25, -0.2) is 0 Å². The number of hydrogen-bond donors (Lipinski definition) is 2. The Kier molecular flexibility index (Phi) is 8.60.